The molecular formula is C23H38N2O6. The number of unbranched alkanes of at least 4 members (excludes halogenated alkanes) is 3. The second-order valence-corrected chi connectivity index (χ2v) is 9.18. The predicted molar refractivity (Wildman–Crippen MR) is 114 cm³/mol. The van der Waals surface area contributed by atoms with E-state index in [0.29, 0.717) is 19.4 Å². The van der Waals surface area contributed by atoms with Gasteiger partial charge in [-0.05, 0) is 46.0 Å². The number of ether oxygens (including phenoxy) is 2. The van der Waals surface area contributed by atoms with E-state index in [1.165, 1.54) is 0 Å². The number of fused-ring (bicyclic) bond motifs is 1. The van der Waals surface area contributed by atoms with E-state index in [9.17, 15) is 14.4 Å². The largest absolute Gasteiger partial charge is 0.466 e. The zero-order valence-corrected chi connectivity index (χ0v) is 19.1. The van der Waals surface area contributed by atoms with Gasteiger partial charge >= 0.3 is 5.97 Å². The molecule has 0 radical (unpaired) electrons. The second-order valence-electron chi connectivity index (χ2n) is 9.18. The number of esters is 1. The number of aliphatic hydroxyl groups excluding tert-OH is 1. The summed E-state index contributed by atoms with van der Waals surface area (Å²) in [5.41, 5.74) is -0.944. The summed E-state index contributed by atoms with van der Waals surface area (Å²) in [5, 5.41) is 12.1. The number of amides is 2. The summed E-state index contributed by atoms with van der Waals surface area (Å²) in [7, 11) is 0. The number of likely N-dealkylation sites (tertiary alicyclic amines) is 1. The summed E-state index contributed by atoms with van der Waals surface area (Å²) in [5.74, 6) is -2.03. The van der Waals surface area contributed by atoms with Crippen molar-refractivity contribution in [2.75, 3.05) is 19.8 Å². The van der Waals surface area contributed by atoms with Crippen molar-refractivity contribution in [1.82, 2.24) is 10.2 Å². The number of hydrogen-bond acceptors (Lipinski definition) is 6. The van der Waals surface area contributed by atoms with Crippen molar-refractivity contribution < 1.29 is 29.0 Å². The average Bonchev–Trinajstić information content (AvgIpc) is 3.35. The fourth-order valence-electron chi connectivity index (χ4n) is 5.77. The molecule has 0 saturated carbocycles. The van der Waals surface area contributed by atoms with Crippen LogP contribution >= 0.6 is 0 Å². The number of aliphatic hydroxyl groups is 1. The Labute approximate surface area is 185 Å². The van der Waals surface area contributed by atoms with Crippen LogP contribution in [0.1, 0.15) is 72.1 Å². The van der Waals surface area contributed by atoms with Crippen molar-refractivity contribution in [3.63, 3.8) is 0 Å². The molecular weight excluding hydrogens is 400 g/mol. The summed E-state index contributed by atoms with van der Waals surface area (Å²) >= 11 is 0. The van der Waals surface area contributed by atoms with Crippen LogP contribution in [0, 0.1) is 11.8 Å². The highest BCUT2D eigenvalue weighted by atomic mass is 16.6. The van der Waals surface area contributed by atoms with Gasteiger partial charge in [-0.25, -0.2) is 0 Å². The monoisotopic (exact) mass is 438 g/mol. The van der Waals surface area contributed by atoms with Gasteiger partial charge in [-0.3, -0.25) is 14.4 Å². The van der Waals surface area contributed by atoms with E-state index >= 15 is 0 Å². The zero-order valence-electron chi connectivity index (χ0n) is 19.1. The molecule has 0 aromatic carbocycles. The molecule has 2 N–H and O–H groups in total. The first kappa shape index (κ1) is 24.0. The molecule has 0 aromatic heterocycles. The number of carbonyl (C=O) groups is 3. The zero-order chi connectivity index (χ0) is 22.6. The van der Waals surface area contributed by atoms with Crippen LogP contribution < -0.4 is 5.32 Å². The Kier molecular flexibility index (Phi) is 7.97. The second kappa shape index (κ2) is 10.3. The van der Waals surface area contributed by atoms with E-state index in [-0.39, 0.29) is 37.2 Å². The number of nitrogens with zero attached hydrogens (tertiary/aromatic N) is 1. The molecule has 3 fully saturated rings. The molecule has 176 valence electrons. The summed E-state index contributed by atoms with van der Waals surface area (Å²) in [6.45, 7) is 6.66. The van der Waals surface area contributed by atoms with Crippen molar-refractivity contribution in [3.8, 4) is 0 Å². The van der Waals surface area contributed by atoms with E-state index in [4.69, 9.17) is 14.6 Å². The fourth-order valence-corrected chi connectivity index (χ4v) is 5.77. The predicted octanol–water partition coefficient (Wildman–Crippen LogP) is 1.78. The Morgan fingerprint density at radius 1 is 1.29 bits per heavy atom. The molecule has 3 aliphatic rings. The first-order chi connectivity index (χ1) is 14.9. The van der Waals surface area contributed by atoms with Gasteiger partial charge in [0.05, 0.1) is 24.5 Å². The quantitative estimate of drug-likeness (QED) is 0.355. The van der Waals surface area contributed by atoms with Gasteiger partial charge in [0.15, 0.2) is 0 Å². The van der Waals surface area contributed by atoms with Crippen LogP contribution in [0.4, 0.5) is 0 Å². The highest BCUT2D eigenvalue weighted by Crippen LogP contribution is 2.58. The van der Waals surface area contributed by atoms with Crippen LogP contribution in [0.2, 0.25) is 0 Å². The first-order valence-corrected chi connectivity index (χ1v) is 12.0. The Morgan fingerprint density at radius 2 is 2.03 bits per heavy atom. The van der Waals surface area contributed by atoms with Crippen LogP contribution in [0.15, 0.2) is 0 Å². The van der Waals surface area contributed by atoms with Crippen molar-refractivity contribution in [1.29, 1.82) is 0 Å². The fraction of sp³-hybridized carbons (Fsp3) is 0.870. The number of carbonyl (C=O) groups excluding carboxylic acids is 3. The lowest BCUT2D eigenvalue weighted by Gasteiger charge is -2.34. The van der Waals surface area contributed by atoms with Gasteiger partial charge in [0.1, 0.15) is 11.6 Å². The molecule has 2 bridgehead atoms. The molecule has 1 spiro atoms. The van der Waals surface area contributed by atoms with Gasteiger partial charge in [-0.15, -0.1) is 0 Å². The van der Waals surface area contributed by atoms with Gasteiger partial charge < -0.3 is 24.8 Å². The van der Waals surface area contributed by atoms with Gasteiger partial charge in [0.25, 0.3) is 0 Å². The number of rotatable bonds is 12. The minimum absolute atomic E-state index is 0.00825. The third-order valence-electron chi connectivity index (χ3n) is 7.02. The van der Waals surface area contributed by atoms with Crippen LogP contribution in [-0.4, -0.2) is 71.3 Å². The molecule has 3 saturated heterocycles. The van der Waals surface area contributed by atoms with Gasteiger partial charge in [0, 0.05) is 19.2 Å². The Morgan fingerprint density at radius 3 is 2.71 bits per heavy atom. The Balaban J connectivity index is 1.84. The minimum atomic E-state index is -0.944. The van der Waals surface area contributed by atoms with E-state index in [0.717, 1.165) is 38.5 Å². The molecule has 8 heteroatoms. The van der Waals surface area contributed by atoms with Crippen LogP contribution in [-0.2, 0) is 23.9 Å². The topological polar surface area (TPSA) is 105 Å². The van der Waals surface area contributed by atoms with E-state index in [1.54, 1.807) is 11.8 Å². The SMILES string of the molecule is CCCC(C)NC(=O)[C@H]1N(CCCCCCO)C(=O)[C@@H]2[C@@H](C(=O)OCC)[C@H]3CC[C@]21O3. The van der Waals surface area contributed by atoms with Gasteiger partial charge in [-0.2, -0.15) is 0 Å². The lowest BCUT2D eigenvalue weighted by Crippen LogP contribution is -2.56. The Bertz CT molecular complexity index is 670. The smallest absolute Gasteiger partial charge is 0.312 e. The standard InChI is InChI=1S/C23H38N2O6/c1-4-10-15(3)24-20(27)19-23-12-11-16(31-23)17(22(29)30-5-2)18(23)21(28)25(19)13-8-6-7-9-14-26/h15-19,26H,4-14H2,1-3H3,(H,24,27)/t15?,16-,17+,18+,19-,23+/m1/s1. The summed E-state index contributed by atoms with van der Waals surface area (Å²) in [6.07, 6.45) is 5.94. The van der Waals surface area contributed by atoms with Crippen molar-refractivity contribution >= 4 is 17.8 Å². The van der Waals surface area contributed by atoms with E-state index in [2.05, 4.69) is 12.2 Å². The van der Waals surface area contributed by atoms with Crippen LogP contribution in [0.3, 0.4) is 0 Å². The Hall–Kier alpha value is -1.67. The molecule has 2 amide bonds. The summed E-state index contributed by atoms with van der Waals surface area (Å²) < 4.78 is 11.6. The third-order valence-corrected chi connectivity index (χ3v) is 7.02. The molecule has 3 rings (SSSR count). The highest BCUT2D eigenvalue weighted by molar-refractivity contribution is 5.98. The van der Waals surface area contributed by atoms with Crippen molar-refractivity contribution in [3.05, 3.63) is 0 Å². The van der Waals surface area contributed by atoms with E-state index < -0.39 is 29.4 Å². The van der Waals surface area contributed by atoms with Gasteiger partial charge in [0.2, 0.25) is 11.8 Å². The third kappa shape index (κ3) is 4.46. The maximum Gasteiger partial charge on any atom is 0.312 e. The molecule has 3 heterocycles. The van der Waals surface area contributed by atoms with Crippen molar-refractivity contribution in [2.24, 2.45) is 11.8 Å². The maximum atomic E-state index is 13.6. The summed E-state index contributed by atoms with van der Waals surface area (Å²) in [4.78, 5) is 41.3. The molecule has 8 nitrogen and oxygen atoms in total. The average molecular weight is 439 g/mol. The highest BCUT2D eigenvalue weighted by Gasteiger charge is 2.74. The normalized spacial score (nSPS) is 32.3. The van der Waals surface area contributed by atoms with Gasteiger partial charge in [-0.1, -0.05) is 26.2 Å². The first-order valence-electron chi connectivity index (χ1n) is 12.0. The number of hydrogen-bond donors (Lipinski definition) is 2. The molecule has 3 aliphatic heterocycles. The van der Waals surface area contributed by atoms with E-state index in [1.807, 2.05) is 6.92 Å². The molecule has 6 atom stereocenters. The van der Waals surface area contributed by atoms with Crippen molar-refractivity contribution in [2.45, 2.75) is 95.9 Å². The minimum Gasteiger partial charge on any atom is -0.466 e. The number of nitrogens with one attached hydrogen (secondary N) is 1. The molecule has 31 heavy (non-hydrogen) atoms. The van der Waals surface area contributed by atoms with Crippen LogP contribution in [0.5, 0.6) is 0 Å². The lowest BCUT2D eigenvalue weighted by molar-refractivity contribution is -0.154. The molecule has 1 unspecified atom stereocenters. The molecule has 0 aromatic rings. The summed E-state index contributed by atoms with van der Waals surface area (Å²) in [6, 6.07) is -0.708. The molecule has 0 aliphatic carbocycles. The van der Waals surface area contributed by atoms with Crippen LogP contribution in [0.25, 0.3) is 0 Å². The lowest BCUT2D eigenvalue weighted by atomic mass is 9.70. The maximum absolute atomic E-state index is 13.6.